The molecular weight excluding hydrogens is 588 g/mol. The highest BCUT2D eigenvalue weighted by Crippen LogP contribution is 2.64. The van der Waals surface area contributed by atoms with Gasteiger partial charge in [-0.15, -0.1) is 0 Å². The van der Waals surface area contributed by atoms with Gasteiger partial charge in [0.15, 0.2) is 34.6 Å². The minimum absolute atomic E-state index is 0.00408. The van der Waals surface area contributed by atoms with E-state index in [1.54, 1.807) is 0 Å². The van der Waals surface area contributed by atoms with Gasteiger partial charge in [-0.25, -0.2) is 0 Å². The number of aliphatic hydroxyl groups is 2. The van der Waals surface area contributed by atoms with E-state index < -0.39 is 28.5 Å². The molecule has 1 saturated heterocycles. The predicted octanol–water partition coefficient (Wildman–Crippen LogP) is 7.78. The lowest BCUT2D eigenvalue weighted by molar-refractivity contribution is -0.159. The van der Waals surface area contributed by atoms with Crippen LogP contribution in [0.25, 0.3) is 0 Å². The maximum atomic E-state index is 14.8. The molecule has 0 aromatic heterocycles. The molecule has 47 heavy (non-hydrogen) atoms. The maximum Gasteiger partial charge on any atom is 0.197 e. The first kappa shape index (κ1) is 32.3. The highest BCUT2D eigenvalue weighted by molar-refractivity contribution is 6.07. The van der Waals surface area contributed by atoms with E-state index in [2.05, 4.69) is 61.5 Å². The molecule has 0 amide bonds. The Morgan fingerprint density at radius 2 is 1.43 bits per heavy atom. The molecule has 2 N–H and O–H groups in total. The van der Waals surface area contributed by atoms with Crippen LogP contribution in [-0.2, 0) is 22.4 Å². The predicted molar refractivity (Wildman–Crippen MR) is 182 cm³/mol. The summed E-state index contributed by atoms with van der Waals surface area (Å²) >= 11 is 0. The second-order valence-electron chi connectivity index (χ2n) is 18.8. The Morgan fingerprint density at radius 1 is 0.830 bits per heavy atom. The molecule has 0 bridgehead atoms. The fraction of sp³-hybridized carbons (Fsp3) is 0.780. The number of carbonyl (C=O) groups excluding carboxylic acids is 1. The number of aryl methyl sites for hydroxylation is 1. The standard InChI is InChI=1S/C41H58O6/c1-23(2)27-19-25-11-13-30-36(5,6)15-9-17-38(30,43)20-28(25)32-33(27)47-41(24(3)4)35(46-32)26-12-14-31-37(7,8)16-10-18-39(31,44)21-29(26)34(42)40(41)22-45-40/h19,23-24,30-31,35,43-44H,9-18,20-22H2,1-8H3/t30-,31-,35+,38-,39-,40+,41+/m0/s1. The third kappa shape index (κ3) is 4.28. The van der Waals surface area contributed by atoms with Crippen molar-refractivity contribution in [1.82, 2.24) is 0 Å². The SMILES string of the molecule is CC(C)c1cc2c(c3c1O[C@]1(C(C)C)[C@H](O3)C3=C(C[C@@]4(O)CCCC(C)(C)[C@@H]4CC3)C(=O)[C@]13CO3)C[C@@]1(O)CCCC(C)(C)[C@@H]1CC2. The highest BCUT2D eigenvalue weighted by atomic mass is 16.7. The van der Waals surface area contributed by atoms with E-state index in [0.29, 0.717) is 25.9 Å². The summed E-state index contributed by atoms with van der Waals surface area (Å²) in [6, 6.07) is 2.33. The van der Waals surface area contributed by atoms with Crippen LogP contribution in [0.5, 0.6) is 11.5 Å². The van der Waals surface area contributed by atoms with Gasteiger partial charge >= 0.3 is 0 Å². The summed E-state index contributed by atoms with van der Waals surface area (Å²) in [6.07, 6.45) is 9.57. The quantitative estimate of drug-likeness (QED) is 0.319. The zero-order valence-electron chi connectivity index (χ0n) is 30.2. The van der Waals surface area contributed by atoms with Crippen molar-refractivity contribution in [1.29, 1.82) is 0 Å². The molecular formula is C41H58O6. The fourth-order valence-electron chi connectivity index (χ4n) is 12.2. The van der Waals surface area contributed by atoms with Crippen molar-refractivity contribution < 1.29 is 29.2 Å². The Hall–Kier alpha value is -1.89. The molecule has 0 unspecified atom stereocenters. The van der Waals surface area contributed by atoms with Crippen molar-refractivity contribution in [2.24, 2.45) is 28.6 Å². The Balaban J connectivity index is 1.31. The van der Waals surface area contributed by atoms with E-state index in [9.17, 15) is 15.0 Å². The summed E-state index contributed by atoms with van der Waals surface area (Å²) in [7, 11) is 0. The first-order valence-electron chi connectivity index (χ1n) is 18.9. The molecule has 6 nitrogen and oxygen atoms in total. The molecule has 1 aromatic rings. The van der Waals surface area contributed by atoms with E-state index in [0.717, 1.165) is 91.6 Å². The first-order valence-corrected chi connectivity index (χ1v) is 18.9. The normalized spacial score (nSPS) is 41.4. The number of ketones is 1. The molecule has 3 fully saturated rings. The maximum absolute atomic E-state index is 14.8. The summed E-state index contributed by atoms with van der Waals surface area (Å²) in [5.74, 6) is 1.96. The van der Waals surface area contributed by atoms with Crippen molar-refractivity contribution >= 4 is 5.78 Å². The van der Waals surface area contributed by atoms with Gasteiger partial charge in [0.25, 0.3) is 0 Å². The average Bonchev–Trinajstić information content (AvgIpc) is 3.80. The van der Waals surface area contributed by atoms with Gasteiger partial charge in [0.1, 0.15) is 0 Å². The number of rotatable bonds is 2. The van der Waals surface area contributed by atoms with Crippen molar-refractivity contribution in [2.75, 3.05) is 6.61 Å². The van der Waals surface area contributed by atoms with Crippen LogP contribution < -0.4 is 9.47 Å². The van der Waals surface area contributed by atoms with Gasteiger partial charge in [-0.3, -0.25) is 4.79 Å². The lowest BCUT2D eigenvalue weighted by Gasteiger charge is -2.54. The van der Waals surface area contributed by atoms with Gasteiger partial charge in [-0.1, -0.05) is 74.3 Å². The Kier molecular flexibility index (Phi) is 6.94. The minimum Gasteiger partial charge on any atom is -0.477 e. The zero-order valence-corrected chi connectivity index (χ0v) is 30.2. The Bertz CT molecular complexity index is 1540. The number of carbonyl (C=O) groups is 1. The van der Waals surface area contributed by atoms with Crippen LogP contribution in [0.4, 0.5) is 0 Å². The lowest BCUT2D eigenvalue weighted by atomic mass is 9.58. The molecule has 2 heterocycles. The Labute approximate surface area is 282 Å². The van der Waals surface area contributed by atoms with Gasteiger partial charge in [-0.2, -0.15) is 0 Å². The van der Waals surface area contributed by atoms with Gasteiger partial charge in [-0.05, 0) is 91.1 Å². The van der Waals surface area contributed by atoms with Gasteiger partial charge in [0.05, 0.1) is 17.8 Å². The van der Waals surface area contributed by atoms with Gasteiger partial charge in [0, 0.05) is 35.5 Å². The van der Waals surface area contributed by atoms with E-state index in [4.69, 9.17) is 14.2 Å². The smallest absolute Gasteiger partial charge is 0.197 e. The summed E-state index contributed by atoms with van der Waals surface area (Å²) < 4.78 is 21.3. The summed E-state index contributed by atoms with van der Waals surface area (Å²) in [5, 5.41) is 24.8. The van der Waals surface area contributed by atoms with E-state index in [1.807, 2.05) is 0 Å². The van der Waals surface area contributed by atoms with Crippen LogP contribution in [-0.4, -0.2) is 51.1 Å². The summed E-state index contributed by atoms with van der Waals surface area (Å²) in [4.78, 5) is 14.8. The monoisotopic (exact) mass is 646 g/mol. The van der Waals surface area contributed by atoms with E-state index in [-0.39, 0.29) is 40.3 Å². The van der Waals surface area contributed by atoms with Crippen LogP contribution in [0.2, 0.25) is 0 Å². The van der Waals surface area contributed by atoms with Crippen LogP contribution in [0.3, 0.4) is 0 Å². The number of hydrogen-bond acceptors (Lipinski definition) is 6. The van der Waals surface area contributed by atoms with E-state index >= 15 is 0 Å². The highest BCUT2D eigenvalue weighted by Gasteiger charge is 2.78. The van der Waals surface area contributed by atoms with Crippen molar-refractivity contribution in [3.05, 3.63) is 33.9 Å². The van der Waals surface area contributed by atoms with E-state index in [1.165, 1.54) is 5.56 Å². The molecule has 8 rings (SSSR count). The molecule has 2 aliphatic heterocycles. The molecule has 1 aromatic carbocycles. The van der Waals surface area contributed by atoms with Crippen LogP contribution in [0.1, 0.15) is 142 Å². The molecule has 5 aliphatic carbocycles. The zero-order chi connectivity index (χ0) is 33.5. The topological polar surface area (TPSA) is 88.5 Å². The molecule has 258 valence electrons. The van der Waals surface area contributed by atoms with Gasteiger partial charge < -0.3 is 24.4 Å². The number of fused-ring (bicyclic) bond motifs is 8. The number of Topliss-reactive ketones (excluding diaryl/α,β-unsaturated/α-hetero) is 1. The summed E-state index contributed by atoms with van der Waals surface area (Å²) in [5.41, 5.74) is 1.44. The van der Waals surface area contributed by atoms with Crippen molar-refractivity contribution in [2.45, 2.75) is 167 Å². The summed E-state index contributed by atoms with van der Waals surface area (Å²) in [6.45, 7) is 18.3. The largest absolute Gasteiger partial charge is 0.477 e. The fourth-order valence-corrected chi connectivity index (χ4v) is 12.2. The molecule has 0 radical (unpaired) electrons. The second kappa shape index (κ2) is 10.1. The first-order chi connectivity index (χ1) is 22.0. The van der Waals surface area contributed by atoms with Crippen molar-refractivity contribution in [3.63, 3.8) is 0 Å². The van der Waals surface area contributed by atoms with Crippen LogP contribution in [0.15, 0.2) is 17.2 Å². The van der Waals surface area contributed by atoms with Crippen LogP contribution in [0, 0.1) is 28.6 Å². The molecule has 7 aliphatic rings. The van der Waals surface area contributed by atoms with Crippen LogP contribution >= 0.6 is 0 Å². The third-order valence-corrected chi connectivity index (χ3v) is 14.7. The number of ether oxygens (including phenoxy) is 3. The van der Waals surface area contributed by atoms with Gasteiger partial charge in [0.2, 0.25) is 0 Å². The molecule has 7 atom stereocenters. The molecule has 1 spiro atoms. The third-order valence-electron chi connectivity index (χ3n) is 14.7. The average molecular weight is 647 g/mol. The number of epoxide rings is 1. The molecule has 6 heteroatoms. The number of benzene rings is 1. The molecule has 2 saturated carbocycles. The van der Waals surface area contributed by atoms with Crippen molar-refractivity contribution in [3.8, 4) is 11.5 Å². The number of hydrogen-bond donors (Lipinski definition) is 2. The minimum atomic E-state index is -1.12. The Morgan fingerprint density at radius 3 is 2.00 bits per heavy atom. The second-order valence-corrected chi connectivity index (χ2v) is 18.8. The lowest BCUT2D eigenvalue weighted by Crippen LogP contribution is -2.71.